The van der Waals surface area contributed by atoms with Crippen LogP contribution in [0.1, 0.15) is 52.7 Å². The van der Waals surface area contributed by atoms with Crippen LogP contribution in [0.4, 0.5) is 18.0 Å². The summed E-state index contributed by atoms with van der Waals surface area (Å²) in [6.45, 7) is 5.54. The molecule has 18 heteroatoms. The number of halogens is 3. The second-order valence-corrected chi connectivity index (χ2v) is 14.0. The maximum atomic E-state index is 13.6. The molecule has 0 aliphatic carbocycles. The van der Waals surface area contributed by atoms with Crippen LogP contribution in [0.25, 0.3) is 16.9 Å². The van der Waals surface area contributed by atoms with Gasteiger partial charge in [0.05, 0.1) is 33.9 Å². The highest BCUT2D eigenvalue weighted by molar-refractivity contribution is 7.90. The van der Waals surface area contributed by atoms with Gasteiger partial charge in [0.15, 0.2) is 12.4 Å². The Balaban J connectivity index is 1.20. The second kappa shape index (κ2) is 14.2. The summed E-state index contributed by atoms with van der Waals surface area (Å²) in [5.41, 5.74) is -0.00966. The molecule has 4 aromatic rings. The number of alkyl halides is 3. The van der Waals surface area contributed by atoms with Crippen LogP contribution in [0.3, 0.4) is 0 Å². The molecule has 0 unspecified atom stereocenters. The maximum Gasteiger partial charge on any atom is 0.435 e. The van der Waals surface area contributed by atoms with E-state index in [2.05, 4.69) is 5.10 Å². The van der Waals surface area contributed by atoms with Gasteiger partial charge >= 0.3 is 12.3 Å². The minimum Gasteiger partial charge on any atom is -0.447 e. The molecule has 1 aliphatic heterocycles. The van der Waals surface area contributed by atoms with Gasteiger partial charge in [-0.15, -0.1) is 0 Å². The molecule has 3 aromatic carbocycles. The molecule has 0 saturated heterocycles. The Morgan fingerprint density at radius 1 is 0.941 bits per heavy atom. The molecule has 0 spiro atoms. The van der Waals surface area contributed by atoms with Gasteiger partial charge in [0, 0.05) is 16.4 Å². The SMILES string of the molecule is Cc1ccc(-c2cc(C(F)(F)F)nn2-c2ccc(S(=O)(=O)NC(=O)OCCN(N(O)OCN3C(=O)c4ccccc4C3=O)C(C)(C)C)cc2)cc1. The summed E-state index contributed by atoms with van der Waals surface area (Å²) < 4.78 is 74.4. The normalized spacial score (nSPS) is 13.6. The summed E-state index contributed by atoms with van der Waals surface area (Å²) >= 11 is 0. The van der Waals surface area contributed by atoms with Gasteiger partial charge in [-0.2, -0.15) is 23.3 Å². The summed E-state index contributed by atoms with van der Waals surface area (Å²) in [6, 6.07) is 18.5. The van der Waals surface area contributed by atoms with E-state index in [4.69, 9.17) is 9.57 Å². The van der Waals surface area contributed by atoms with Crippen molar-refractivity contribution in [1.82, 2.24) is 29.7 Å². The third-order valence-corrected chi connectivity index (χ3v) is 8.98. The molecule has 270 valence electrons. The number of imide groups is 1. The zero-order chi connectivity index (χ0) is 37.3. The Morgan fingerprint density at radius 2 is 1.53 bits per heavy atom. The summed E-state index contributed by atoms with van der Waals surface area (Å²) in [5.74, 6) is -1.21. The molecule has 1 aliphatic rings. The van der Waals surface area contributed by atoms with E-state index in [9.17, 15) is 41.2 Å². The van der Waals surface area contributed by atoms with Crippen molar-refractivity contribution in [3.05, 3.63) is 101 Å². The molecule has 5 rings (SSSR count). The number of hydrazine groups is 1. The Morgan fingerprint density at radius 3 is 2.08 bits per heavy atom. The maximum absolute atomic E-state index is 13.6. The van der Waals surface area contributed by atoms with Crippen molar-refractivity contribution in [2.45, 2.75) is 44.3 Å². The average molecular weight is 731 g/mol. The first-order valence-corrected chi connectivity index (χ1v) is 16.7. The van der Waals surface area contributed by atoms with Crippen LogP contribution >= 0.6 is 0 Å². The van der Waals surface area contributed by atoms with Crippen molar-refractivity contribution in [3.63, 3.8) is 0 Å². The van der Waals surface area contributed by atoms with E-state index >= 15 is 0 Å². The van der Waals surface area contributed by atoms with Crippen molar-refractivity contribution < 1.29 is 50.8 Å². The van der Waals surface area contributed by atoms with Crippen LogP contribution in [-0.2, 0) is 25.8 Å². The lowest BCUT2D eigenvalue weighted by Crippen LogP contribution is -2.54. The van der Waals surface area contributed by atoms with Crippen LogP contribution in [-0.4, -0.2) is 82.0 Å². The first kappa shape index (κ1) is 37.1. The zero-order valence-electron chi connectivity index (χ0n) is 27.7. The molecule has 0 saturated carbocycles. The van der Waals surface area contributed by atoms with Crippen molar-refractivity contribution in [1.29, 1.82) is 0 Å². The molecule has 2 N–H and O–H groups in total. The van der Waals surface area contributed by atoms with Crippen molar-refractivity contribution in [2.75, 3.05) is 19.9 Å². The third-order valence-electron chi connectivity index (χ3n) is 7.65. The molecule has 2 heterocycles. The molecule has 0 radical (unpaired) electrons. The lowest BCUT2D eigenvalue weighted by atomic mass is 10.1. The molecular formula is C33H33F3N6O8S. The number of benzene rings is 3. The number of aryl methyl sites for hydroxylation is 1. The highest BCUT2D eigenvalue weighted by Gasteiger charge is 2.37. The van der Waals surface area contributed by atoms with Gasteiger partial charge in [-0.25, -0.2) is 32.4 Å². The van der Waals surface area contributed by atoms with Gasteiger partial charge in [0.1, 0.15) is 6.61 Å². The van der Waals surface area contributed by atoms with E-state index in [1.165, 1.54) is 29.3 Å². The fourth-order valence-corrected chi connectivity index (χ4v) is 5.94. The van der Waals surface area contributed by atoms with Crippen LogP contribution < -0.4 is 4.72 Å². The first-order chi connectivity index (χ1) is 23.9. The van der Waals surface area contributed by atoms with E-state index in [0.29, 0.717) is 10.9 Å². The summed E-state index contributed by atoms with van der Waals surface area (Å²) in [4.78, 5) is 43.4. The van der Waals surface area contributed by atoms with E-state index in [1.807, 2.05) is 6.92 Å². The van der Waals surface area contributed by atoms with Crippen molar-refractivity contribution >= 4 is 27.9 Å². The smallest absolute Gasteiger partial charge is 0.435 e. The number of carbonyl (C=O) groups excluding carboxylic acids is 3. The van der Waals surface area contributed by atoms with Crippen LogP contribution in [0, 0.1) is 6.92 Å². The number of nitrogens with zero attached hydrogens (tertiary/aromatic N) is 5. The number of nitrogens with one attached hydrogen (secondary N) is 1. The van der Waals surface area contributed by atoms with Gasteiger partial charge in [-0.05, 0) is 70.2 Å². The minimum atomic E-state index is -4.73. The second-order valence-electron chi connectivity index (χ2n) is 12.3. The van der Waals surface area contributed by atoms with Gasteiger partial charge < -0.3 is 4.74 Å². The summed E-state index contributed by atoms with van der Waals surface area (Å²) in [7, 11) is -4.49. The predicted molar refractivity (Wildman–Crippen MR) is 173 cm³/mol. The van der Waals surface area contributed by atoms with Crippen LogP contribution in [0.2, 0.25) is 0 Å². The highest BCUT2D eigenvalue weighted by atomic mass is 32.2. The molecule has 0 atom stereocenters. The predicted octanol–water partition coefficient (Wildman–Crippen LogP) is 5.17. The third kappa shape index (κ3) is 8.26. The van der Waals surface area contributed by atoms with Gasteiger partial charge in [0.25, 0.3) is 21.8 Å². The van der Waals surface area contributed by atoms with Gasteiger partial charge in [-0.1, -0.05) is 42.0 Å². The minimum absolute atomic E-state index is 0.124. The number of hydrogen-bond acceptors (Lipinski definition) is 11. The number of carbonyl (C=O) groups is 3. The lowest BCUT2D eigenvalue weighted by Gasteiger charge is -2.38. The van der Waals surface area contributed by atoms with Gasteiger partial charge in [-0.3, -0.25) is 14.8 Å². The molecule has 51 heavy (non-hydrogen) atoms. The van der Waals surface area contributed by atoms with Crippen LogP contribution in [0.15, 0.2) is 83.8 Å². The Hall–Kier alpha value is -5.14. The molecule has 1 aromatic heterocycles. The number of rotatable bonds is 11. The lowest BCUT2D eigenvalue weighted by molar-refractivity contribution is -0.461. The molecule has 0 fully saturated rings. The quantitative estimate of drug-likeness (QED) is 0.155. The molecule has 14 nitrogen and oxygen atoms in total. The van der Waals surface area contributed by atoms with E-state index < -0.39 is 58.7 Å². The fraction of sp³-hybridized carbons (Fsp3) is 0.273. The largest absolute Gasteiger partial charge is 0.447 e. The van der Waals surface area contributed by atoms with E-state index in [0.717, 1.165) is 33.3 Å². The number of sulfonamides is 1. The number of ether oxygens (including phenoxy) is 1. The Labute approximate surface area is 290 Å². The Bertz CT molecular complexity index is 2010. The number of amides is 3. The average Bonchev–Trinajstić information content (AvgIpc) is 3.62. The van der Waals surface area contributed by atoms with E-state index in [1.54, 1.807) is 61.9 Å². The standard InChI is InChI=1S/C33H33F3N6O8S/c1-21-9-11-22(12-10-21)27-19-28(33(34,35)36)37-41(27)23-13-15-24(16-14-23)51(47,48)38-31(45)49-18-17-40(32(2,3)4)42(46)50-20-39-29(43)25-7-5-6-8-26(25)30(39)44/h5-16,19,46H,17-18,20H2,1-4H3,(H,38,45). The number of aromatic nitrogens is 2. The van der Waals surface area contributed by atoms with Crippen LogP contribution in [0.5, 0.6) is 0 Å². The fourth-order valence-electron chi connectivity index (χ4n) is 5.05. The first-order valence-electron chi connectivity index (χ1n) is 15.3. The zero-order valence-corrected chi connectivity index (χ0v) is 28.5. The van der Waals surface area contributed by atoms with Crippen molar-refractivity contribution in [3.8, 4) is 16.9 Å². The molecule has 3 amide bonds. The van der Waals surface area contributed by atoms with Gasteiger partial charge in [0.2, 0.25) is 0 Å². The summed E-state index contributed by atoms with van der Waals surface area (Å²) in [5, 5.41) is 15.8. The van der Waals surface area contributed by atoms with E-state index in [-0.39, 0.29) is 33.9 Å². The Kier molecular flexibility index (Phi) is 10.4. The van der Waals surface area contributed by atoms with Crippen molar-refractivity contribution in [2.24, 2.45) is 0 Å². The number of fused-ring (bicyclic) bond motifs is 1. The highest BCUT2D eigenvalue weighted by Crippen LogP contribution is 2.33. The number of hydrogen-bond donors (Lipinski definition) is 2. The molecule has 0 bridgehead atoms. The summed E-state index contributed by atoms with van der Waals surface area (Å²) in [6.07, 6.45) is -6.08. The monoisotopic (exact) mass is 730 g/mol. The molecular weight excluding hydrogens is 697 g/mol. The topological polar surface area (TPSA) is 164 Å².